The maximum Gasteiger partial charge on any atom is 0.255 e. The molecule has 0 saturated carbocycles. The summed E-state index contributed by atoms with van der Waals surface area (Å²) in [5, 5.41) is 0.0490. The number of carbonyl (C=O) groups is 1. The molecule has 0 aromatic heterocycles. The number of ketones is 1. The molecule has 2 aromatic carbocycles. The van der Waals surface area contributed by atoms with Crippen molar-refractivity contribution < 1.29 is 18.0 Å². The van der Waals surface area contributed by atoms with Gasteiger partial charge in [0.2, 0.25) is 0 Å². The van der Waals surface area contributed by atoms with E-state index in [2.05, 4.69) is 0 Å². The van der Waals surface area contributed by atoms with Crippen LogP contribution in [0, 0.1) is 6.92 Å². The highest BCUT2D eigenvalue weighted by Gasteiger charge is 2.35. The lowest BCUT2D eigenvalue weighted by molar-refractivity contribution is 0.00669. The Hall–Kier alpha value is -1.49. The lowest BCUT2D eigenvalue weighted by atomic mass is 9.91. The highest BCUT2D eigenvalue weighted by Crippen LogP contribution is 2.41. The van der Waals surface area contributed by atoms with Gasteiger partial charge in [0.25, 0.3) is 5.92 Å². The van der Waals surface area contributed by atoms with Crippen molar-refractivity contribution >= 4 is 46.4 Å². The highest BCUT2D eigenvalue weighted by molar-refractivity contribution is 6.48. The zero-order valence-electron chi connectivity index (χ0n) is 14.7. The molecule has 144 valence electrons. The summed E-state index contributed by atoms with van der Waals surface area (Å²) in [4.78, 5) is 11.5. The second-order valence-electron chi connectivity index (χ2n) is 6.33. The van der Waals surface area contributed by atoms with Gasteiger partial charge in [-0.05, 0) is 49.2 Å². The standard InChI is InChI=1S/C20H16Cl3F3O/c1-10-6-12(4-5-14(10)11(2)27)18(24)9-15(20(3,25)26)13-7-16(21)19(23)17(22)8-13/h4-9,15H,1-3H3/b18-9-. The van der Waals surface area contributed by atoms with E-state index in [1.807, 2.05) is 0 Å². The second kappa shape index (κ2) is 8.26. The molecule has 0 aliphatic carbocycles. The van der Waals surface area contributed by atoms with E-state index in [0.717, 1.165) is 6.08 Å². The van der Waals surface area contributed by atoms with Crippen molar-refractivity contribution in [1.29, 1.82) is 0 Å². The van der Waals surface area contributed by atoms with Gasteiger partial charge in [-0.25, -0.2) is 13.2 Å². The first-order valence-corrected chi connectivity index (χ1v) is 9.06. The van der Waals surface area contributed by atoms with Crippen LogP contribution in [-0.4, -0.2) is 11.7 Å². The number of hydrogen-bond donors (Lipinski definition) is 0. The minimum Gasteiger partial charge on any atom is -0.295 e. The Bertz CT molecular complexity index is 894. The van der Waals surface area contributed by atoms with Crippen LogP contribution in [0.2, 0.25) is 15.1 Å². The van der Waals surface area contributed by atoms with E-state index < -0.39 is 17.7 Å². The van der Waals surface area contributed by atoms with Gasteiger partial charge in [0.15, 0.2) is 5.78 Å². The molecule has 0 saturated heterocycles. The summed E-state index contributed by atoms with van der Waals surface area (Å²) in [5.74, 6) is -5.90. The molecule has 0 heterocycles. The summed E-state index contributed by atoms with van der Waals surface area (Å²) in [6, 6.07) is 6.77. The predicted octanol–water partition coefficient (Wildman–Crippen LogP) is 7.91. The molecule has 1 atom stereocenters. The summed E-state index contributed by atoms with van der Waals surface area (Å²) in [5.41, 5.74) is 1.13. The van der Waals surface area contributed by atoms with Gasteiger partial charge in [-0.2, -0.15) is 0 Å². The number of Topliss-reactive ketones (excluding diaryl/α,β-unsaturated/α-hetero) is 1. The number of aryl methyl sites for hydroxylation is 1. The Morgan fingerprint density at radius 1 is 1.11 bits per heavy atom. The zero-order valence-corrected chi connectivity index (χ0v) is 17.0. The third kappa shape index (κ3) is 5.07. The predicted molar refractivity (Wildman–Crippen MR) is 105 cm³/mol. The third-order valence-electron chi connectivity index (χ3n) is 4.11. The average molecular weight is 436 g/mol. The smallest absolute Gasteiger partial charge is 0.255 e. The molecule has 2 aromatic rings. The molecule has 1 unspecified atom stereocenters. The SMILES string of the molecule is CC(=O)c1ccc(/C(F)=C/C(c2cc(Cl)c(Cl)c(Cl)c2)C(C)(F)F)cc1C. The Morgan fingerprint density at radius 3 is 2.11 bits per heavy atom. The maximum atomic E-state index is 14.7. The summed E-state index contributed by atoms with van der Waals surface area (Å²) in [6.45, 7) is 3.73. The van der Waals surface area contributed by atoms with Crippen LogP contribution in [0.15, 0.2) is 36.4 Å². The van der Waals surface area contributed by atoms with Crippen molar-refractivity contribution in [2.45, 2.75) is 32.6 Å². The van der Waals surface area contributed by atoms with E-state index in [-0.39, 0.29) is 32.0 Å². The van der Waals surface area contributed by atoms with Gasteiger partial charge in [-0.1, -0.05) is 46.9 Å². The lowest BCUT2D eigenvalue weighted by Gasteiger charge is -2.22. The molecule has 0 aliphatic heterocycles. The molecule has 0 fully saturated rings. The topological polar surface area (TPSA) is 17.1 Å². The van der Waals surface area contributed by atoms with Crippen molar-refractivity contribution in [2.24, 2.45) is 0 Å². The van der Waals surface area contributed by atoms with Crippen LogP contribution in [0.1, 0.15) is 46.8 Å². The molecular weight excluding hydrogens is 420 g/mol. The molecular formula is C20H16Cl3F3O. The van der Waals surface area contributed by atoms with Gasteiger partial charge in [0, 0.05) is 18.1 Å². The fourth-order valence-electron chi connectivity index (χ4n) is 2.74. The van der Waals surface area contributed by atoms with Crippen molar-refractivity contribution in [1.82, 2.24) is 0 Å². The van der Waals surface area contributed by atoms with Crippen molar-refractivity contribution in [3.63, 3.8) is 0 Å². The Balaban J connectivity index is 2.53. The lowest BCUT2D eigenvalue weighted by Crippen LogP contribution is -2.21. The van der Waals surface area contributed by atoms with Crippen LogP contribution >= 0.6 is 34.8 Å². The number of halogens is 6. The number of hydrogen-bond acceptors (Lipinski definition) is 1. The summed E-state index contributed by atoms with van der Waals surface area (Å²) in [7, 11) is 0. The number of benzene rings is 2. The number of allylic oxidation sites excluding steroid dienone is 1. The van der Waals surface area contributed by atoms with E-state index >= 15 is 0 Å². The second-order valence-corrected chi connectivity index (χ2v) is 7.53. The van der Waals surface area contributed by atoms with E-state index in [1.165, 1.54) is 37.3 Å². The molecule has 7 heteroatoms. The van der Waals surface area contributed by atoms with Gasteiger partial charge in [-0.3, -0.25) is 4.79 Å². The first-order chi connectivity index (χ1) is 12.4. The molecule has 1 nitrogen and oxygen atoms in total. The third-order valence-corrected chi connectivity index (χ3v) is 5.30. The normalized spacial score (nSPS) is 13.6. The monoisotopic (exact) mass is 434 g/mol. The number of rotatable bonds is 5. The van der Waals surface area contributed by atoms with Gasteiger partial charge in [-0.15, -0.1) is 0 Å². The Labute approximate surface area is 170 Å². The van der Waals surface area contributed by atoms with Gasteiger partial charge >= 0.3 is 0 Å². The van der Waals surface area contributed by atoms with E-state index in [4.69, 9.17) is 34.8 Å². The van der Waals surface area contributed by atoms with Crippen molar-refractivity contribution in [3.05, 3.63) is 73.7 Å². The average Bonchev–Trinajstić information content (AvgIpc) is 2.55. The molecule has 0 N–H and O–H groups in total. The Kier molecular flexibility index (Phi) is 6.67. The first-order valence-electron chi connectivity index (χ1n) is 7.93. The van der Waals surface area contributed by atoms with Crippen molar-refractivity contribution in [2.75, 3.05) is 0 Å². The molecule has 0 aliphatic rings. The van der Waals surface area contributed by atoms with E-state index in [1.54, 1.807) is 6.92 Å². The van der Waals surface area contributed by atoms with E-state index in [0.29, 0.717) is 18.1 Å². The van der Waals surface area contributed by atoms with E-state index in [9.17, 15) is 18.0 Å². The van der Waals surface area contributed by atoms with Crippen LogP contribution in [0.4, 0.5) is 13.2 Å². The van der Waals surface area contributed by atoms with Gasteiger partial charge < -0.3 is 0 Å². The molecule has 2 rings (SSSR count). The highest BCUT2D eigenvalue weighted by atomic mass is 35.5. The first kappa shape index (κ1) is 21.8. The van der Waals surface area contributed by atoms with Crippen LogP contribution in [0.25, 0.3) is 5.83 Å². The summed E-state index contributed by atoms with van der Waals surface area (Å²) >= 11 is 17.7. The number of alkyl halides is 2. The zero-order chi connectivity index (χ0) is 20.5. The molecule has 0 spiro atoms. The molecule has 0 bridgehead atoms. The fourth-order valence-corrected chi connectivity index (χ4v) is 3.35. The quantitative estimate of drug-likeness (QED) is 0.344. The summed E-state index contributed by atoms with van der Waals surface area (Å²) < 4.78 is 43.1. The fraction of sp³-hybridized carbons (Fsp3) is 0.250. The minimum atomic E-state index is -3.29. The van der Waals surface area contributed by atoms with Crippen LogP contribution in [0.3, 0.4) is 0 Å². The molecule has 27 heavy (non-hydrogen) atoms. The van der Waals surface area contributed by atoms with Gasteiger partial charge in [0.05, 0.1) is 21.0 Å². The number of carbonyl (C=O) groups excluding carboxylic acids is 1. The molecule has 0 radical (unpaired) electrons. The minimum absolute atomic E-state index is 0.00359. The maximum absolute atomic E-state index is 14.7. The van der Waals surface area contributed by atoms with Crippen molar-refractivity contribution in [3.8, 4) is 0 Å². The largest absolute Gasteiger partial charge is 0.295 e. The van der Waals surface area contributed by atoms with Crippen LogP contribution < -0.4 is 0 Å². The van der Waals surface area contributed by atoms with Crippen LogP contribution in [-0.2, 0) is 0 Å². The summed E-state index contributed by atoms with van der Waals surface area (Å²) in [6.07, 6.45) is 0.818. The van der Waals surface area contributed by atoms with Gasteiger partial charge in [0.1, 0.15) is 5.83 Å². The molecule has 0 amide bonds. The Morgan fingerprint density at radius 2 is 1.67 bits per heavy atom. The van der Waals surface area contributed by atoms with Crippen LogP contribution in [0.5, 0.6) is 0 Å².